The van der Waals surface area contributed by atoms with E-state index in [0.717, 1.165) is 31.7 Å². The maximum Gasteiger partial charge on any atom is 0.241 e. The number of amides is 1. The first-order valence-electron chi connectivity index (χ1n) is 12.3. The van der Waals surface area contributed by atoms with Crippen molar-refractivity contribution in [3.63, 3.8) is 0 Å². The summed E-state index contributed by atoms with van der Waals surface area (Å²) in [7, 11) is 3.19. The van der Waals surface area contributed by atoms with Gasteiger partial charge in [0.15, 0.2) is 0 Å². The molecule has 188 valence electrons. The minimum atomic E-state index is -0.104. The van der Waals surface area contributed by atoms with Crippen molar-refractivity contribution in [2.45, 2.75) is 12.5 Å². The number of rotatable bonds is 10. The topological polar surface area (TPSA) is 66.4 Å². The van der Waals surface area contributed by atoms with Crippen molar-refractivity contribution in [1.29, 1.82) is 0 Å². The number of benzene rings is 3. The Morgan fingerprint density at radius 2 is 1.56 bits per heavy atom. The Morgan fingerprint density at radius 1 is 0.917 bits per heavy atom. The number of nitrogens with one attached hydrogen (secondary N) is 1. The smallest absolute Gasteiger partial charge is 0.241 e. The average molecular weight is 487 g/mol. The first-order chi connectivity index (χ1) is 17.7. The number of hydrogen-bond donors (Lipinski definition) is 1. The molecule has 0 aliphatic carbocycles. The molecule has 0 atom stereocenters. The van der Waals surface area contributed by atoms with E-state index in [-0.39, 0.29) is 11.9 Å². The quantitative estimate of drug-likeness (QED) is 0.347. The molecule has 1 amide bonds. The summed E-state index contributed by atoms with van der Waals surface area (Å²) < 4.78 is 10.6. The van der Waals surface area contributed by atoms with Crippen molar-refractivity contribution >= 4 is 12.1 Å². The summed E-state index contributed by atoms with van der Waals surface area (Å²) in [5, 5.41) is 4.10. The number of nitrogens with zero attached hydrogens (tertiary/aromatic N) is 3. The fourth-order valence-corrected chi connectivity index (χ4v) is 4.54. The van der Waals surface area contributed by atoms with E-state index < -0.39 is 0 Å². The lowest BCUT2D eigenvalue weighted by molar-refractivity contribution is -0.121. The third kappa shape index (κ3) is 6.71. The number of carbonyl (C=O) groups excluding carboxylic acids is 1. The van der Waals surface area contributed by atoms with Crippen LogP contribution in [0.2, 0.25) is 0 Å². The molecule has 7 nitrogen and oxygen atoms in total. The summed E-state index contributed by atoms with van der Waals surface area (Å²) in [6.45, 7) is 4.46. The lowest BCUT2D eigenvalue weighted by Gasteiger charge is -2.39. The molecule has 0 saturated carbocycles. The van der Waals surface area contributed by atoms with Gasteiger partial charge in [0.1, 0.15) is 11.5 Å². The van der Waals surface area contributed by atoms with Gasteiger partial charge in [-0.05, 0) is 23.3 Å². The summed E-state index contributed by atoms with van der Waals surface area (Å²) in [6, 6.07) is 27.0. The second kappa shape index (κ2) is 12.9. The molecule has 1 aliphatic heterocycles. The zero-order valence-electron chi connectivity index (χ0n) is 21.0. The van der Waals surface area contributed by atoms with E-state index in [1.807, 2.05) is 12.1 Å². The van der Waals surface area contributed by atoms with E-state index in [0.29, 0.717) is 24.5 Å². The molecule has 4 rings (SSSR count). The van der Waals surface area contributed by atoms with E-state index in [2.05, 4.69) is 81.0 Å². The predicted octanol–water partition coefficient (Wildman–Crippen LogP) is 3.95. The highest BCUT2D eigenvalue weighted by atomic mass is 16.5. The Kier molecular flexibility index (Phi) is 9.08. The second-order valence-electron chi connectivity index (χ2n) is 8.75. The highest BCUT2D eigenvalue weighted by Crippen LogP contribution is 2.29. The SMILES string of the molecule is COc1ccc(/C=N/NC(=O)CCN2CCN(C(c3ccccc3)c3ccccc3)CC2)c(OC)c1. The molecular formula is C29H34N4O3. The van der Waals surface area contributed by atoms with Gasteiger partial charge in [0, 0.05) is 50.8 Å². The van der Waals surface area contributed by atoms with Crippen LogP contribution in [0.4, 0.5) is 0 Å². The van der Waals surface area contributed by atoms with Crippen LogP contribution < -0.4 is 14.9 Å². The molecule has 36 heavy (non-hydrogen) atoms. The van der Waals surface area contributed by atoms with Crippen LogP contribution in [-0.4, -0.2) is 68.9 Å². The van der Waals surface area contributed by atoms with Crippen LogP contribution in [0.15, 0.2) is 84.0 Å². The van der Waals surface area contributed by atoms with Gasteiger partial charge >= 0.3 is 0 Å². The van der Waals surface area contributed by atoms with Crippen LogP contribution in [0.25, 0.3) is 0 Å². The molecule has 1 N–H and O–H groups in total. The molecule has 0 bridgehead atoms. The fourth-order valence-electron chi connectivity index (χ4n) is 4.54. The molecule has 1 saturated heterocycles. The predicted molar refractivity (Wildman–Crippen MR) is 143 cm³/mol. The minimum absolute atomic E-state index is 0.104. The summed E-state index contributed by atoms with van der Waals surface area (Å²) in [4.78, 5) is 17.2. The third-order valence-electron chi connectivity index (χ3n) is 6.49. The monoisotopic (exact) mass is 486 g/mol. The molecule has 0 radical (unpaired) electrons. The van der Waals surface area contributed by atoms with Crippen molar-refractivity contribution < 1.29 is 14.3 Å². The highest BCUT2D eigenvalue weighted by Gasteiger charge is 2.26. The molecular weight excluding hydrogens is 452 g/mol. The number of hydrogen-bond acceptors (Lipinski definition) is 6. The molecule has 3 aromatic carbocycles. The maximum atomic E-state index is 12.4. The van der Waals surface area contributed by atoms with E-state index >= 15 is 0 Å². The van der Waals surface area contributed by atoms with Crippen LogP contribution in [0.5, 0.6) is 11.5 Å². The van der Waals surface area contributed by atoms with Crippen LogP contribution in [-0.2, 0) is 4.79 Å². The van der Waals surface area contributed by atoms with Gasteiger partial charge in [0.2, 0.25) is 5.91 Å². The van der Waals surface area contributed by atoms with Gasteiger partial charge in [-0.3, -0.25) is 9.69 Å². The van der Waals surface area contributed by atoms with Crippen molar-refractivity contribution in [2.75, 3.05) is 46.9 Å². The lowest BCUT2D eigenvalue weighted by atomic mass is 9.96. The third-order valence-corrected chi connectivity index (χ3v) is 6.49. The highest BCUT2D eigenvalue weighted by molar-refractivity contribution is 5.85. The molecule has 0 spiro atoms. The Labute approximate surface area is 213 Å². The largest absolute Gasteiger partial charge is 0.497 e. The van der Waals surface area contributed by atoms with Gasteiger partial charge in [0.05, 0.1) is 26.5 Å². The van der Waals surface area contributed by atoms with Crippen LogP contribution in [0.1, 0.15) is 29.2 Å². The summed E-state index contributed by atoms with van der Waals surface area (Å²) in [5.41, 5.74) is 6.01. The van der Waals surface area contributed by atoms with Gasteiger partial charge in [-0.25, -0.2) is 5.43 Å². The van der Waals surface area contributed by atoms with E-state index in [1.54, 1.807) is 26.5 Å². The van der Waals surface area contributed by atoms with Crippen molar-refractivity contribution in [2.24, 2.45) is 5.10 Å². The van der Waals surface area contributed by atoms with E-state index in [4.69, 9.17) is 9.47 Å². The van der Waals surface area contributed by atoms with Gasteiger partial charge < -0.3 is 14.4 Å². The van der Waals surface area contributed by atoms with Crippen LogP contribution >= 0.6 is 0 Å². The second-order valence-corrected chi connectivity index (χ2v) is 8.75. The summed E-state index contributed by atoms with van der Waals surface area (Å²) >= 11 is 0. The van der Waals surface area contributed by atoms with Crippen molar-refractivity contribution in [1.82, 2.24) is 15.2 Å². The van der Waals surface area contributed by atoms with Crippen molar-refractivity contribution in [3.05, 3.63) is 95.6 Å². The zero-order valence-corrected chi connectivity index (χ0v) is 21.0. The van der Waals surface area contributed by atoms with Gasteiger partial charge in [-0.2, -0.15) is 5.10 Å². The zero-order chi connectivity index (χ0) is 25.2. The molecule has 0 unspecified atom stereocenters. The Hall–Kier alpha value is -3.68. The molecule has 1 aliphatic rings. The normalized spacial score (nSPS) is 14.8. The summed E-state index contributed by atoms with van der Waals surface area (Å²) in [5.74, 6) is 1.23. The number of carbonyl (C=O) groups is 1. The average Bonchev–Trinajstić information content (AvgIpc) is 2.94. The maximum absolute atomic E-state index is 12.4. The first kappa shape index (κ1) is 25.4. The number of methoxy groups -OCH3 is 2. The number of ether oxygens (including phenoxy) is 2. The van der Waals surface area contributed by atoms with Crippen molar-refractivity contribution in [3.8, 4) is 11.5 Å². The number of piperazine rings is 1. The van der Waals surface area contributed by atoms with Gasteiger partial charge in [-0.15, -0.1) is 0 Å². The molecule has 7 heteroatoms. The molecule has 0 aromatic heterocycles. The Bertz CT molecular complexity index is 1090. The Balaban J connectivity index is 1.26. The molecule has 1 heterocycles. The fraction of sp³-hybridized carbons (Fsp3) is 0.310. The lowest BCUT2D eigenvalue weighted by Crippen LogP contribution is -2.48. The van der Waals surface area contributed by atoms with E-state index in [9.17, 15) is 4.79 Å². The molecule has 3 aromatic rings. The minimum Gasteiger partial charge on any atom is -0.497 e. The van der Waals surface area contributed by atoms with Gasteiger partial charge in [-0.1, -0.05) is 60.7 Å². The van der Waals surface area contributed by atoms with Crippen LogP contribution in [0.3, 0.4) is 0 Å². The van der Waals surface area contributed by atoms with Gasteiger partial charge in [0.25, 0.3) is 0 Å². The number of hydrazone groups is 1. The summed E-state index contributed by atoms with van der Waals surface area (Å²) in [6.07, 6.45) is 1.99. The molecule has 1 fully saturated rings. The first-order valence-corrected chi connectivity index (χ1v) is 12.3. The van der Waals surface area contributed by atoms with Crippen LogP contribution in [0, 0.1) is 0 Å². The Morgan fingerprint density at radius 3 is 2.14 bits per heavy atom. The standard InChI is InChI=1S/C29H34N4O3/c1-35-26-14-13-25(27(21-26)36-2)22-30-31-28(34)15-16-32-17-19-33(20-18-32)29(23-9-5-3-6-10-23)24-11-7-4-8-12-24/h3-14,21-22,29H,15-20H2,1-2H3,(H,31,34)/b30-22+. The van der Waals surface area contributed by atoms with E-state index in [1.165, 1.54) is 11.1 Å².